The molecule has 0 amide bonds. The Morgan fingerprint density at radius 3 is 2.75 bits per heavy atom. The summed E-state index contributed by atoms with van der Waals surface area (Å²) in [5.74, 6) is 2.66. The van der Waals surface area contributed by atoms with Gasteiger partial charge in [-0.2, -0.15) is 0 Å². The molecule has 0 aromatic carbocycles. The number of hydrogen-bond acceptors (Lipinski definition) is 5. The molecule has 0 bridgehead atoms. The van der Waals surface area contributed by atoms with Crippen LogP contribution in [0.25, 0.3) is 0 Å². The van der Waals surface area contributed by atoms with Crippen LogP contribution in [-0.2, 0) is 6.54 Å². The molecule has 5 nitrogen and oxygen atoms in total. The first-order valence-corrected chi connectivity index (χ1v) is 9.36. The quantitative estimate of drug-likeness (QED) is 0.710. The van der Waals surface area contributed by atoms with E-state index >= 15 is 0 Å². The predicted molar refractivity (Wildman–Crippen MR) is 96.9 cm³/mol. The van der Waals surface area contributed by atoms with Crippen LogP contribution in [0.3, 0.4) is 0 Å². The van der Waals surface area contributed by atoms with E-state index in [9.17, 15) is 0 Å². The molecular formula is C17H18ClN5S. The lowest BCUT2D eigenvalue weighted by Gasteiger charge is -2.32. The first-order chi connectivity index (χ1) is 11.8. The second-order valence-electron chi connectivity index (χ2n) is 5.99. The summed E-state index contributed by atoms with van der Waals surface area (Å²) in [6.07, 6.45) is 7.83. The maximum Gasteiger partial charge on any atom is 0.128 e. The molecule has 1 aliphatic rings. The monoisotopic (exact) mass is 359 g/mol. The van der Waals surface area contributed by atoms with E-state index in [-0.39, 0.29) is 0 Å². The number of thiazole rings is 1. The highest BCUT2D eigenvalue weighted by molar-refractivity contribution is 7.07. The zero-order chi connectivity index (χ0) is 16.4. The van der Waals surface area contributed by atoms with E-state index in [4.69, 9.17) is 11.6 Å². The highest BCUT2D eigenvalue weighted by atomic mass is 35.5. The second kappa shape index (κ2) is 6.91. The van der Waals surface area contributed by atoms with Gasteiger partial charge in [-0.25, -0.2) is 15.0 Å². The maximum atomic E-state index is 5.92. The zero-order valence-corrected chi connectivity index (χ0v) is 14.7. The van der Waals surface area contributed by atoms with Gasteiger partial charge in [-0.15, -0.1) is 11.3 Å². The first kappa shape index (κ1) is 15.6. The Balaban J connectivity index is 1.43. The Hall–Kier alpha value is -1.92. The third-order valence-electron chi connectivity index (χ3n) is 4.46. The van der Waals surface area contributed by atoms with Crippen molar-refractivity contribution in [2.45, 2.75) is 25.3 Å². The summed E-state index contributed by atoms with van der Waals surface area (Å²) >= 11 is 7.55. The van der Waals surface area contributed by atoms with E-state index < -0.39 is 0 Å². The molecule has 124 valence electrons. The molecule has 1 saturated heterocycles. The van der Waals surface area contributed by atoms with Crippen molar-refractivity contribution in [2.24, 2.45) is 0 Å². The van der Waals surface area contributed by atoms with Crippen molar-refractivity contribution in [1.29, 1.82) is 0 Å². The van der Waals surface area contributed by atoms with Gasteiger partial charge in [0, 0.05) is 43.0 Å². The van der Waals surface area contributed by atoms with Crippen LogP contribution in [-0.4, -0.2) is 32.6 Å². The molecule has 0 saturated carbocycles. The van der Waals surface area contributed by atoms with Gasteiger partial charge in [0.05, 0.1) is 22.8 Å². The largest absolute Gasteiger partial charge is 0.357 e. The average Bonchev–Trinajstić information content (AvgIpc) is 3.28. The molecule has 24 heavy (non-hydrogen) atoms. The number of halogens is 1. The van der Waals surface area contributed by atoms with Gasteiger partial charge in [-0.1, -0.05) is 11.6 Å². The molecule has 7 heteroatoms. The Bertz CT molecular complexity index is 776. The van der Waals surface area contributed by atoms with Crippen molar-refractivity contribution in [2.75, 3.05) is 18.0 Å². The van der Waals surface area contributed by atoms with Crippen LogP contribution in [0.2, 0.25) is 5.02 Å². The normalized spacial score (nSPS) is 15.8. The van der Waals surface area contributed by atoms with E-state index in [2.05, 4.69) is 36.0 Å². The van der Waals surface area contributed by atoms with Crippen molar-refractivity contribution < 1.29 is 0 Å². The number of aromatic nitrogens is 4. The molecule has 1 fully saturated rings. The molecule has 0 spiro atoms. The number of anilines is 1. The number of imidazole rings is 1. The average molecular weight is 360 g/mol. The van der Waals surface area contributed by atoms with Crippen molar-refractivity contribution in [3.8, 4) is 0 Å². The van der Waals surface area contributed by atoms with Gasteiger partial charge in [0.25, 0.3) is 0 Å². The van der Waals surface area contributed by atoms with Gasteiger partial charge in [-0.3, -0.25) is 0 Å². The van der Waals surface area contributed by atoms with Gasteiger partial charge >= 0.3 is 0 Å². The van der Waals surface area contributed by atoms with Crippen LogP contribution in [0.15, 0.2) is 41.6 Å². The van der Waals surface area contributed by atoms with E-state index in [1.165, 1.54) is 5.82 Å². The summed E-state index contributed by atoms with van der Waals surface area (Å²) in [5, 5.41) is 2.77. The smallest absolute Gasteiger partial charge is 0.128 e. The number of nitrogens with zero attached hydrogens (tertiary/aromatic N) is 5. The van der Waals surface area contributed by atoms with E-state index in [0.717, 1.165) is 44.0 Å². The number of piperidine rings is 1. The maximum absolute atomic E-state index is 5.92. The summed E-state index contributed by atoms with van der Waals surface area (Å²) in [6.45, 7) is 2.78. The third kappa shape index (κ3) is 3.30. The molecule has 4 rings (SSSR count). The molecule has 0 radical (unpaired) electrons. The van der Waals surface area contributed by atoms with Crippen molar-refractivity contribution >= 4 is 28.8 Å². The molecule has 0 unspecified atom stereocenters. The summed E-state index contributed by atoms with van der Waals surface area (Å²) < 4.78 is 2.23. The van der Waals surface area contributed by atoms with Crippen molar-refractivity contribution in [3.63, 3.8) is 0 Å². The Morgan fingerprint density at radius 1 is 1.17 bits per heavy atom. The fourth-order valence-corrected chi connectivity index (χ4v) is 3.89. The van der Waals surface area contributed by atoms with Crippen LogP contribution in [0.4, 0.5) is 5.82 Å². The zero-order valence-electron chi connectivity index (χ0n) is 13.2. The fraction of sp³-hybridized carbons (Fsp3) is 0.353. The summed E-state index contributed by atoms with van der Waals surface area (Å²) in [6, 6.07) is 3.89. The lowest BCUT2D eigenvalue weighted by Crippen LogP contribution is -2.34. The summed E-state index contributed by atoms with van der Waals surface area (Å²) in [7, 11) is 0. The fourth-order valence-electron chi connectivity index (χ4n) is 3.23. The van der Waals surface area contributed by atoms with Crippen LogP contribution >= 0.6 is 22.9 Å². The standard InChI is InChI=1S/C17H18ClN5S/c18-14-1-2-16(20-9-14)22-6-3-13(4-7-22)17-19-5-8-23(17)10-15-11-24-12-21-15/h1-2,5,8-9,11-13H,3-4,6-7,10H2. The lowest BCUT2D eigenvalue weighted by molar-refractivity contribution is 0.468. The Labute approximate surface area is 150 Å². The highest BCUT2D eigenvalue weighted by Gasteiger charge is 2.24. The number of pyridine rings is 1. The topological polar surface area (TPSA) is 46.8 Å². The van der Waals surface area contributed by atoms with E-state index in [1.807, 2.05) is 23.8 Å². The molecule has 0 aliphatic carbocycles. The minimum Gasteiger partial charge on any atom is -0.357 e. The molecule has 1 aliphatic heterocycles. The van der Waals surface area contributed by atoms with Crippen LogP contribution in [0, 0.1) is 0 Å². The summed E-state index contributed by atoms with van der Waals surface area (Å²) in [4.78, 5) is 15.7. The van der Waals surface area contributed by atoms with E-state index in [1.54, 1.807) is 17.5 Å². The molecule has 4 heterocycles. The van der Waals surface area contributed by atoms with Gasteiger partial charge in [-0.05, 0) is 25.0 Å². The first-order valence-electron chi connectivity index (χ1n) is 8.04. The molecule has 3 aromatic rings. The van der Waals surface area contributed by atoms with Gasteiger partial charge in [0.15, 0.2) is 0 Å². The minimum atomic E-state index is 0.488. The lowest BCUT2D eigenvalue weighted by atomic mass is 9.96. The molecule has 3 aromatic heterocycles. The molecule has 0 atom stereocenters. The predicted octanol–water partition coefficient (Wildman–Crippen LogP) is 3.82. The van der Waals surface area contributed by atoms with Crippen LogP contribution in [0.5, 0.6) is 0 Å². The highest BCUT2D eigenvalue weighted by Crippen LogP contribution is 2.29. The van der Waals surface area contributed by atoms with Crippen molar-refractivity contribution in [1.82, 2.24) is 19.5 Å². The van der Waals surface area contributed by atoms with E-state index in [0.29, 0.717) is 10.9 Å². The molecular weight excluding hydrogens is 342 g/mol. The van der Waals surface area contributed by atoms with Crippen LogP contribution in [0.1, 0.15) is 30.3 Å². The van der Waals surface area contributed by atoms with Crippen LogP contribution < -0.4 is 4.90 Å². The van der Waals surface area contributed by atoms with Gasteiger partial charge in [0.1, 0.15) is 11.6 Å². The number of rotatable bonds is 4. The third-order valence-corrected chi connectivity index (χ3v) is 5.32. The SMILES string of the molecule is Clc1ccc(N2CCC(c3nccn3Cc3cscn3)CC2)nc1. The Morgan fingerprint density at radius 2 is 2.04 bits per heavy atom. The van der Waals surface area contributed by atoms with Gasteiger partial charge in [0.2, 0.25) is 0 Å². The second-order valence-corrected chi connectivity index (χ2v) is 7.14. The minimum absolute atomic E-state index is 0.488. The van der Waals surface area contributed by atoms with Crippen molar-refractivity contribution in [3.05, 3.63) is 58.2 Å². The molecule has 0 N–H and O–H groups in total. The van der Waals surface area contributed by atoms with Gasteiger partial charge < -0.3 is 9.47 Å². The Kier molecular flexibility index (Phi) is 4.49. The number of hydrogen-bond donors (Lipinski definition) is 0. The summed E-state index contributed by atoms with van der Waals surface area (Å²) in [5.41, 5.74) is 2.98.